The minimum Gasteiger partial charge on any atom is -0.490 e. The summed E-state index contributed by atoms with van der Waals surface area (Å²) in [6.07, 6.45) is -3.26. The van der Waals surface area contributed by atoms with E-state index in [1.165, 1.54) is 30.0 Å². The molecule has 0 saturated heterocycles. The van der Waals surface area contributed by atoms with E-state index in [0.717, 1.165) is 11.6 Å². The summed E-state index contributed by atoms with van der Waals surface area (Å²) in [5.74, 6) is -0.0595. The molecule has 2 aromatic carbocycles. The zero-order chi connectivity index (χ0) is 20.5. The first kappa shape index (κ1) is 20.2. The molecule has 0 unspecified atom stereocenters. The lowest BCUT2D eigenvalue weighted by Gasteiger charge is -2.17. The third-order valence-corrected chi connectivity index (χ3v) is 4.61. The molecule has 0 spiro atoms. The summed E-state index contributed by atoms with van der Waals surface area (Å²) in [4.78, 5) is 16.1. The van der Waals surface area contributed by atoms with Crippen molar-refractivity contribution in [3.63, 3.8) is 0 Å². The summed E-state index contributed by atoms with van der Waals surface area (Å²) < 4.78 is 46.2. The lowest BCUT2D eigenvalue weighted by atomic mass is 10.1. The predicted octanol–water partition coefficient (Wildman–Crippen LogP) is 5.29. The van der Waals surface area contributed by atoms with Gasteiger partial charge in [0.1, 0.15) is 5.82 Å². The first-order valence-electron chi connectivity index (χ1n) is 7.96. The predicted molar refractivity (Wildman–Crippen MR) is 101 cm³/mol. The molecule has 0 aliphatic rings. The number of nitrogens with zero attached hydrogens (tertiary/aromatic N) is 2. The maximum absolute atomic E-state index is 13.2. The molecule has 4 nitrogen and oxygen atoms in total. The Morgan fingerprint density at radius 3 is 2.50 bits per heavy atom. The molecular weight excluding hydrogens is 416 g/mol. The Kier molecular flexibility index (Phi) is 5.67. The van der Waals surface area contributed by atoms with Crippen LogP contribution in [0.2, 0.25) is 10.0 Å². The van der Waals surface area contributed by atoms with E-state index in [1.54, 1.807) is 24.3 Å². The molecule has 1 aromatic heterocycles. The molecule has 0 saturated carbocycles. The fourth-order valence-corrected chi connectivity index (χ4v) is 3.24. The monoisotopic (exact) mass is 428 g/mol. The van der Waals surface area contributed by atoms with Gasteiger partial charge < -0.3 is 9.30 Å². The molecule has 3 rings (SSSR count). The molecule has 0 aliphatic heterocycles. The highest BCUT2D eigenvalue weighted by Crippen LogP contribution is 2.39. The lowest BCUT2D eigenvalue weighted by molar-refractivity contribution is -0.137. The van der Waals surface area contributed by atoms with Gasteiger partial charge in [0.05, 0.1) is 23.9 Å². The number of halogens is 5. The third-order valence-electron chi connectivity index (χ3n) is 3.97. The average Bonchev–Trinajstić information content (AvgIpc) is 2.62. The Morgan fingerprint density at radius 2 is 1.86 bits per heavy atom. The molecule has 0 aliphatic carbocycles. The number of hydrogen-bond acceptors (Lipinski definition) is 3. The van der Waals surface area contributed by atoms with Crippen molar-refractivity contribution in [2.24, 2.45) is 0 Å². The largest absolute Gasteiger partial charge is 0.490 e. The maximum atomic E-state index is 13.2. The van der Waals surface area contributed by atoms with Gasteiger partial charge in [0.15, 0.2) is 0 Å². The zero-order valence-electron chi connectivity index (χ0n) is 14.4. The van der Waals surface area contributed by atoms with Crippen LogP contribution < -0.4 is 10.3 Å². The van der Waals surface area contributed by atoms with Crippen molar-refractivity contribution in [3.05, 3.63) is 80.2 Å². The Labute approximate surface area is 168 Å². The van der Waals surface area contributed by atoms with Gasteiger partial charge in [-0.2, -0.15) is 18.2 Å². The Morgan fingerprint density at radius 1 is 1.14 bits per heavy atom. The smallest absolute Gasteiger partial charge is 0.417 e. The quantitative estimate of drug-likeness (QED) is 0.566. The van der Waals surface area contributed by atoms with E-state index < -0.39 is 22.3 Å². The van der Waals surface area contributed by atoms with Gasteiger partial charge in [-0.1, -0.05) is 41.4 Å². The summed E-state index contributed by atoms with van der Waals surface area (Å²) in [6.45, 7) is 0.187. The fraction of sp³-hybridized carbons (Fsp3) is 0.158. The summed E-state index contributed by atoms with van der Waals surface area (Å²) >= 11 is 12.0. The SMILES string of the molecule is COc1cn(Cc2cccc(Cl)c2)c(-c2cccc(C(F)(F)F)c2Cl)nc1=O. The van der Waals surface area contributed by atoms with Crippen molar-refractivity contribution in [1.82, 2.24) is 9.55 Å². The van der Waals surface area contributed by atoms with Gasteiger partial charge in [0.25, 0.3) is 0 Å². The van der Waals surface area contributed by atoms with Gasteiger partial charge in [-0.05, 0) is 29.8 Å². The van der Waals surface area contributed by atoms with Crippen LogP contribution in [-0.2, 0) is 12.7 Å². The van der Waals surface area contributed by atoms with Gasteiger partial charge in [-0.15, -0.1) is 0 Å². The number of rotatable bonds is 4. The van der Waals surface area contributed by atoms with Crippen LogP contribution in [0.5, 0.6) is 5.75 Å². The van der Waals surface area contributed by atoms with E-state index in [9.17, 15) is 18.0 Å². The van der Waals surface area contributed by atoms with E-state index in [0.29, 0.717) is 5.02 Å². The van der Waals surface area contributed by atoms with Crippen LogP contribution in [0.25, 0.3) is 11.4 Å². The van der Waals surface area contributed by atoms with Crippen LogP contribution in [0.15, 0.2) is 53.5 Å². The lowest BCUT2D eigenvalue weighted by Crippen LogP contribution is -2.18. The minimum atomic E-state index is -4.64. The second-order valence-electron chi connectivity index (χ2n) is 5.86. The fourth-order valence-electron chi connectivity index (χ4n) is 2.70. The normalized spacial score (nSPS) is 11.5. The van der Waals surface area contributed by atoms with Crippen LogP contribution in [-0.4, -0.2) is 16.7 Å². The Balaban J connectivity index is 2.21. The number of aromatic nitrogens is 2. The molecule has 1 heterocycles. The molecule has 28 heavy (non-hydrogen) atoms. The van der Waals surface area contributed by atoms with Gasteiger partial charge in [0.2, 0.25) is 5.75 Å². The van der Waals surface area contributed by atoms with Gasteiger partial charge in [0, 0.05) is 17.1 Å². The second kappa shape index (κ2) is 7.85. The van der Waals surface area contributed by atoms with E-state index in [2.05, 4.69) is 4.98 Å². The van der Waals surface area contributed by atoms with Crippen molar-refractivity contribution >= 4 is 23.2 Å². The molecule has 3 aromatic rings. The third kappa shape index (κ3) is 4.15. The summed E-state index contributed by atoms with van der Waals surface area (Å²) in [5, 5.41) is -0.0379. The van der Waals surface area contributed by atoms with Crippen LogP contribution in [0.3, 0.4) is 0 Å². The highest BCUT2D eigenvalue weighted by Gasteiger charge is 2.34. The van der Waals surface area contributed by atoms with E-state index >= 15 is 0 Å². The number of methoxy groups -OCH3 is 1. The topological polar surface area (TPSA) is 44.1 Å². The standard InChI is InChI=1S/C19H13Cl2F3N2O2/c1-28-15-10-26(9-11-4-2-5-12(20)8-11)17(25-18(15)27)13-6-3-7-14(16(13)21)19(22,23)24/h2-8,10H,9H2,1H3. The van der Waals surface area contributed by atoms with Crippen molar-refractivity contribution in [2.75, 3.05) is 7.11 Å². The Hall–Kier alpha value is -2.51. The van der Waals surface area contributed by atoms with Crippen LogP contribution in [0, 0.1) is 0 Å². The molecule has 9 heteroatoms. The van der Waals surface area contributed by atoms with Crippen LogP contribution in [0.1, 0.15) is 11.1 Å². The second-order valence-corrected chi connectivity index (χ2v) is 6.68. The molecular formula is C19H13Cl2F3N2O2. The van der Waals surface area contributed by atoms with Gasteiger partial charge >= 0.3 is 11.7 Å². The van der Waals surface area contributed by atoms with Crippen molar-refractivity contribution in [1.29, 1.82) is 0 Å². The van der Waals surface area contributed by atoms with Crippen molar-refractivity contribution in [2.45, 2.75) is 12.7 Å². The average molecular weight is 429 g/mol. The molecule has 0 amide bonds. The Bertz CT molecular complexity index is 1080. The van der Waals surface area contributed by atoms with Crippen molar-refractivity contribution in [3.8, 4) is 17.1 Å². The van der Waals surface area contributed by atoms with Crippen LogP contribution in [0.4, 0.5) is 13.2 Å². The molecule has 0 fully saturated rings. The first-order valence-corrected chi connectivity index (χ1v) is 8.72. The van der Waals surface area contributed by atoms with Crippen LogP contribution >= 0.6 is 23.2 Å². The van der Waals surface area contributed by atoms with Crippen molar-refractivity contribution < 1.29 is 17.9 Å². The zero-order valence-corrected chi connectivity index (χ0v) is 15.9. The highest BCUT2D eigenvalue weighted by atomic mass is 35.5. The molecule has 0 atom stereocenters. The van der Waals surface area contributed by atoms with E-state index in [-0.39, 0.29) is 23.7 Å². The van der Waals surface area contributed by atoms with Gasteiger partial charge in [-0.3, -0.25) is 4.79 Å². The number of benzene rings is 2. The van der Waals surface area contributed by atoms with Gasteiger partial charge in [-0.25, -0.2) is 0 Å². The summed E-state index contributed by atoms with van der Waals surface area (Å²) in [7, 11) is 1.30. The highest BCUT2D eigenvalue weighted by molar-refractivity contribution is 6.34. The molecule has 0 N–H and O–H groups in total. The summed E-state index contributed by atoms with van der Waals surface area (Å²) in [6, 6.07) is 10.4. The maximum Gasteiger partial charge on any atom is 0.417 e. The number of hydrogen-bond donors (Lipinski definition) is 0. The summed E-state index contributed by atoms with van der Waals surface area (Å²) in [5.41, 5.74) is -0.984. The number of ether oxygens (including phenoxy) is 1. The van der Waals surface area contributed by atoms with E-state index in [1.807, 2.05) is 0 Å². The molecule has 0 bridgehead atoms. The molecule has 146 valence electrons. The number of alkyl halides is 3. The first-order chi connectivity index (χ1) is 13.2. The van der Waals surface area contributed by atoms with E-state index in [4.69, 9.17) is 27.9 Å². The minimum absolute atomic E-state index is 0.0122. The molecule has 0 radical (unpaired) electrons.